The Morgan fingerprint density at radius 3 is 2.45 bits per heavy atom. The van der Waals surface area contributed by atoms with Gasteiger partial charge in [-0.2, -0.15) is 13.2 Å². The number of hydrogen-bond donors (Lipinski definition) is 2. The Morgan fingerprint density at radius 2 is 1.94 bits per heavy atom. The van der Waals surface area contributed by atoms with Crippen molar-refractivity contribution >= 4 is 26.5 Å². The van der Waals surface area contributed by atoms with E-state index in [1.807, 2.05) is 0 Å². The van der Waals surface area contributed by atoms with Crippen LogP contribution >= 0.6 is 0 Å². The molecule has 1 aromatic heterocycles. The Morgan fingerprint density at radius 1 is 1.29 bits per heavy atom. The van der Waals surface area contributed by atoms with Crippen LogP contribution in [0.25, 0.3) is 0 Å². The number of nitrogens with zero attached hydrogens (tertiary/aromatic N) is 1. The third kappa shape index (κ3) is 4.52. The van der Waals surface area contributed by atoms with Crippen LogP contribution in [0.5, 0.6) is 0 Å². The Kier molecular flexibility index (Phi) is 5.78. The zero-order chi connectivity index (χ0) is 23.2. The number of hydrogen-bond acceptors (Lipinski definition) is 4. The molecule has 7 nitrogen and oxygen atoms in total. The summed E-state index contributed by atoms with van der Waals surface area (Å²) in [5, 5.41) is 3.76. The van der Waals surface area contributed by atoms with E-state index in [1.165, 1.54) is 29.1 Å². The van der Waals surface area contributed by atoms with Crippen LogP contribution in [0, 0.1) is 12.7 Å². The van der Waals surface area contributed by atoms with Crippen molar-refractivity contribution in [1.29, 1.82) is 0 Å². The van der Waals surface area contributed by atoms with Crippen LogP contribution in [0.1, 0.15) is 28.5 Å². The number of rotatable bonds is 5. The molecular formula is C19H19F4N3O4S. The predicted octanol–water partition coefficient (Wildman–Crippen LogP) is 2.75. The first-order valence-corrected chi connectivity index (χ1v) is 10.5. The predicted molar refractivity (Wildman–Crippen MR) is 104 cm³/mol. The minimum atomic E-state index is -4.94. The second kappa shape index (κ2) is 7.79. The van der Waals surface area contributed by atoms with Crippen LogP contribution < -0.4 is 10.0 Å². The number of halogens is 4. The molecule has 1 aliphatic rings. The Labute approximate surface area is 175 Å². The molecule has 168 valence electrons. The van der Waals surface area contributed by atoms with Crippen molar-refractivity contribution < 1.29 is 36.1 Å². The molecule has 0 bridgehead atoms. The summed E-state index contributed by atoms with van der Waals surface area (Å²) in [5.74, 6) is -2.26. The van der Waals surface area contributed by atoms with Crippen LogP contribution in [-0.4, -0.2) is 38.7 Å². The van der Waals surface area contributed by atoms with E-state index in [0.29, 0.717) is 6.07 Å². The number of ether oxygens (including phenoxy) is 1. The van der Waals surface area contributed by atoms with Crippen LogP contribution in [0.3, 0.4) is 0 Å². The number of anilines is 1. The first-order valence-electron chi connectivity index (χ1n) is 8.93. The minimum absolute atomic E-state index is 0.0189. The molecule has 2 N–H and O–H groups in total. The average Bonchev–Trinajstić information content (AvgIpc) is 3.04. The van der Waals surface area contributed by atoms with Crippen molar-refractivity contribution in [1.82, 2.24) is 9.29 Å². The molecule has 1 aromatic carbocycles. The van der Waals surface area contributed by atoms with Gasteiger partial charge in [0.05, 0.1) is 29.2 Å². The fourth-order valence-electron chi connectivity index (χ4n) is 3.10. The molecule has 1 aliphatic heterocycles. The highest BCUT2D eigenvalue weighted by Crippen LogP contribution is 2.34. The first kappa shape index (κ1) is 23.0. The summed E-state index contributed by atoms with van der Waals surface area (Å²) < 4.78 is 75.0. The molecule has 2 heterocycles. The van der Waals surface area contributed by atoms with E-state index in [0.717, 1.165) is 13.0 Å². The summed E-state index contributed by atoms with van der Waals surface area (Å²) in [6.45, 7) is 3.32. The highest BCUT2D eigenvalue weighted by molar-refractivity contribution is 7.99. The third-order valence-electron chi connectivity index (χ3n) is 4.71. The lowest BCUT2D eigenvalue weighted by Gasteiger charge is -2.38. The van der Waals surface area contributed by atoms with Gasteiger partial charge in [-0.1, -0.05) is 0 Å². The smallest absolute Gasteiger partial charge is 0.377 e. The molecule has 1 amide bonds. The van der Waals surface area contributed by atoms with Crippen molar-refractivity contribution in [2.24, 2.45) is 7.05 Å². The number of benzene rings is 1. The largest absolute Gasteiger partial charge is 0.419 e. The zero-order valence-electron chi connectivity index (χ0n) is 16.7. The van der Waals surface area contributed by atoms with E-state index in [-0.39, 0.29) is 35.1 Å². The molecule has 1 fully saturated rings. The molecular weight excluding hydrogens is 442 g/mol. The average molecular weight is 461 g/mol. The van der Waals surface area contributed by atoms with Gasteiger partial charge < -0.3 is 14.6 Å². The second-order valence-electron chi connectivity index (χ2n) is 7.57. The Balaban J connectivity index is 1.91. The molecule has 0 saturated carbocycles. The lowest BCUT2D eigenvalue weighted by molar-refractivity contribution is -0.140. The van der Waals surface area contributed by atoms with Crippen molar-refractivity contribution in [3.63, 3.8) is 0 Å². The SMILES string of the molecule is Cc1cc(NC(=O)c2cc(S(=O)(=C=O)NC3(C)COC3)cn2C)cc(C(F)(F)F)c1F. The number of carbonyl (C=O) groups excluding carboxylic acids is 2. The highest BCUT2D eigenvalue weighted by Gasteiger charge is 2.38. The van der Waals surface area contributed by atoms with Gasteiger partial charge in [0.25, 0.3) is 5.91 Å². The van der Waals surface area contributed by atoms with Gasteiger partial charge in [-0.15, -0.1) is 0 Å². The summed E-state index contributed by atoms with van der Waals surface area (Å²) >= 11 is 0. The quantitative estimate of drug-likeness (QED) is 0.530. The number of carbonyl (C=O) groups is 1. The number of aromatic nitrogens is 1. The van der Waals surface area contributed by atoms with E-state index in [1.54, 1.807) is 6.92 Å². The third-order valence-corrected chi connectivity index (χ3v) is 6.61. The van der Waals surface area contributed by atoms with Crippen LogP contribution in [0.15, 0.2) is 29.3 Å². The molecule has 1 atom stereocenters. The van der Waals surface area contributed by atoms with Crippen molar-refractivity contribution in [3.05, 3.63) is 47.0 Å². The number of amides is 1. The van der Waals surface area contributed by atoms with Crippen molar-refractivity contribution in [2.45, 2.75) is 30.5 Å². The van der Waals surface area contributed by atoms with Crippen LogP contribution in [-0.2, 0) is 32.5 Å². The second-order valence-corrected chi connectivity index (χ2v) is 9.53. The minimum Gasteiger partial charge on any atom is -0.377 e. The van der Waals surface area contributed by atoms with Crippen LogP contribution in [0.2, 0.25) is 0 Å². The van der Waals surface area contributed by atoms with E-state index in [2.05, 4.69) is 10.0 Å². The van der Waals surface area contributed by atoms with Gasteiger partial charge in [0.2, 0.25) is 5.23 Å². The molecule has 0 spiro atoms. The molecule has 12 heteroatoms. The van der Waals surface area contributed by atoms with Crippen LogP contribution in [0.4, 0.5) is 23.2 Å². The van der Waals surface area contributed by atoms with Crippen molar-refractivity contribution in [3.8, 4) is 0 Å². The van der Waals surface area contributed by atoms with Gasteiger partial charge in [-0.3, -0.25) is 4.79 Å². The van der Waals surface area contributed by atoms with Gasteiger partial charge in [0.1, 0.15) is 21.2 Å². The van der Waals surface area contributed by atoms with Crippen molar-refractivity contribution in [2.75, 3.05) is 18.5 Å². The lowest BCUT2D eigenvalue weighted by Crippen LogP contribution is -2.59. The molecule has 1 saturated heterocycles. The molecule has 0 aliphatic carbocycles. The maximum atomic E-state index is 13.8. The Bertz CT molecular complexity index is 1190. The van der Waals surface area contributed by atoms with Gasteiger partial charge in [-0.25, -0.2) is 18.1 Å². The molecule has 31 heavy (non-hydrogen) atoms. The fraction of sp³-hybridized carbons (Fsp3) is 0.368. The zero-order valence-corrected chi connectivity index (χ0v) is 17.5. The van der Waals surface area contributed by atoms with E-state index >= 15 is 0 Å². The first-order chi connectivity index (χ1) is 14.3. The van der Waals surface area contributed by atoms with Gasteiger partial charge in [0, 0.05) is 18.9 Å². The molecule has 1 unspecified atom stereocenters. The van der Waals surface area contributed by atoms with E-state index in [9.17, 15) is 31.4 Å². The number of alkyl halides is 3. The van der Waals surface area contributed by atoms with Gasteiger partial charge in [0.15, 0.2) is 0 Å². The summed E-state index contributed by atoms with van der Waals surface area (Å²) in [4.78, 5) is 24.1. The Hall–Kier alpha value is -2.66. The monoisotopic (exact) mass is 461 g/mol. The summed E-state index contributed by atoms with van der Waals surface area (Å²) in [6.07, 6.45) is -3.65. The van der Waals surface area contributed by atoms with Gasteiger partial charge in [-0.05, 0) is 37.6 Å². The maximum Gasteiger partial charge on any atom is 0.419 e. The van der Waals surface area contributed by atoms with E-state index in [4.69, 9.17) is 4.74 Å². The standard InChI is InChI=1S/C19H19F4N3O4S/c1-11-4-12(5-14(16(11)20)19(21,22)23)24-17(28)15-6-13(7-26(15)3)31(29,10-27)25-18(2)8-30-9-18/h4-7H,8-9H2,1-3H3,(H,24,28)(H,25,29). The summed E-state index contributed by atoms with van der Waals surface area (Å²) in [5.41, 5.74) is -2.85. The van der Waals surface area contributed by atoms with E-state index < -0.39 is 38.7 Å². The lowest BCUT2D eigenvalue weighted by atomic mass is 10.0. The number of nitrogens with one attached hydrogen (secondary N) is 2. The fourth-order valence-corrected chi connectivity index (χ4v) is 4.75. The molecule has 0 radical (unpaired) electrons. The number of aryl methyl sites for hydroxylation is 2. The normalized spacial score (nSPS) is 17.4. The highest BCUT2D eigenvalue weighted by atomic mass is 32.2. The maximum absolute atomic E-state index is 13.8. The topological polar surface area (TPSA) is 89.4 Å². The summed E-state index contributed by atoms with van der Waals surface area (Å²) in [6, 6.07) is 2.73. The van der Waals surface area contributed by atoms with Gasteiger partial charge >= 0.3 is 6.18 Å². The molecule has 2 aromatic rings. The molecule has 3 rings (SSSR count). The summed E-state index contributed by atoms with van der Waals surface area (Å²) in [7, 11) is -2.07.